The molecule has 3 aromatic heterocycles. The Morgan fingerprint density at radius 3 is 2.75 bits per heavy atom. The molecule has 0 saturated carbocycles. The van der Waals surface area contributed by atoms with E-state index in [1.165, 1.54) is 22.7 Å². The van der Waals surface area contributed by atoms with Crippen LogP contribution in [0.25, 0.3) is 16.8 Å². The van der Waals surface area contributed by atoms with Gasteiger partial charge in [0.2, 0.25) is 11.7 Å². The molecule has 6 nitrogen and oxygen atoms in total. The fraction of sp³-hybridized carbons (Fsp3) is 0.0667. The van der Waals surface area contributed by atoms with Crippen LogP contribution >= 0.6 is 34.4 Å². The highest BCUT2D eigenvalue weighted by Gasteiger charge is 2.36. The van der Waals surface area contributed by atoms with Crippen LogP contribution in [0, 0.1) is 0 Å². The maximum Gasteiger partial charge on any atom is 0.294 e. The van der Waals surface area contributed by atoms with Crippen molar-refractivity contribution in [3.8, 4) is 10.7 Å². The van der Waals surface area contributed by atoms with Crippen LogP contribution < -0.4 is 0 Å². The molecule has 1 fully saturated rings. The Hall–Kier alpha value is -2.23. The summed E-state index contributed by atoms with van der Waals surface area (Å²) in [4.78, 5) is 32.1. The lowest BCUT2D eigenvalue weighted by atomic mass is 10.3. The first-order valence-corrected chi connectivity index (χ1v) is 9.43. The van der Waals surface area contributed by atoms with Crippen LogP contribution in [0.15, 0.2) is 44.5 Å². The molecule has 0 aromatic carbocycles. The monoisotopic (exact) mass is 375 g/mol. The van der Waals surface area contributed by atoms with Gasteiger partial charge in [0, 0.05) is 4.88 Å². The van der Waals surface area contributed by atoms with Gasteiger partial charge in [-0.3, -0.25) is 14.5 Å². The topological polar surface area (TPSA) is 76.3 Å². The van der Waals surface area contributed by atoms with Gasteiger partial charge in [-0.15, -0.1) is 22.7 Å². The fourth-order valence-corrected chi connectivity index (χ4v) is 4.31. The molecule has 0 radical (unpaired) electrons. The quantitative estimate of drug-likeness (QED) is 0.639. The minimum atomic E-state index is -0.339. The largest absolute Gasteiger partial charge is 0.337 e. The van der Waals surface area contributed by atoms with Gasteiger partial charge in [0.1, 0.15) is 6.54 Å². The summed E-state index contributed by atoms with van der Waals surface area (Å²) in [5.74, 6) is 0.355. The van der Waals surface area contributed by atoms with Crippen molar-refractivity contribution in [2.45, 2.75) is 6.54 Å². The van der Waals surface area contributed by atoms with Crippen molar-refractivity contribution in [2.24, 2.45) is 0 Å². The maximum absolute atomic E-state index is 12.4. The average molecular weight is 375 g/mol. The molecular weight excluding hydrogens is 366 g/mol. The molecule has 9 heteroatoms. The van der Waals surface area contributed by atoms with E-state index in [1.54, 1.807) is 6.08 Å². The number of aromatic nitrogens is 2. The molecular formula is C15H9N3O3S3. The average Bonchev–Trinajstić information content (AvgIpc) is 3.33. The first kappa shape index (κ1) is 15.3. The SMILES string of the molecule is O=C1S/C(=C/c2cccs2)C(=O)N1Cc1nc(-c2cccs2)no1. The normalized spacial score (nSPS) is 16.5. The van der Waals surface area contributed by atoms with Gasteiger partial charge in [0.25, 0.3) is 11.1 Å². The number of imide groups is 1. The Morgan fingerprint density at radius 1 is 1.17 bits per heavy atom. The Bertz CT molecular complexity index is 913. The number of rotatable bonds is 4. The molecule has 0 unspecified atom stereocenters. The van der Waals surface area contributed by atoms with E-state index < -0.39 is 0 Å². The number of hydrogen-bond acceptors (Lipinski definition) is 8. The van der Waals surface area contributed by atoms with Gasteiger partial charge in [-0.1, -0.05) is 17.3 Å². The fourth-order valence-electron chi connectivity index (χ4n) is 2.10. The van der Waals surface area contributed by atoms with Crippen molar-refractivity contribution in [1.29, 1.82) is 0 Å². The highest BCUT2D eigenvalue weighted by atomic mass is 32.2. The Labute approximate surface area is 148 Å². The zero-order valence-corrected chi connectivity index (χ0v) is 14.5. The van der Waals surface area contributed by atoms with Crippen molar-refractivity contribution >= 4 is 51.7 Å². The molecule has 3 aromatic rings. The van der Waals surface area contributed by atoms with Crippen molar-refractivity contribution in [2.75, 3.05) is 0 Å². The van der Waals surface area contributed by atoms with Crippen LogP contribution in [0.3, 0.4) is 0 Å². The molecule has 0 N–H and O–H groups in total. The lowest BCUT2D eigenvalue weighted by molar-refractivity contribution is -0.123. The number of hydrogen-bond donors (Lipinski definition) is 0. The summed E-state index contributed by atoms with van der Waals surface area (Å²) in [6, 6.07) is 7.56. The lowest BCUT2D eigenvalue weighted by Gasteiger charge is -2.08. The van der Waals surface area contributed by atoms with E-state index in [-0.39, 0.29) is 23.6 Å². The summed E-state index contributed by atoms with van der Waals surface area (Å²) in [6.45, 7) is -0.0230. The molecule has 1 aliphatic heterocycles. The molecule has 120 valence electrons. The van der Waals surface area contributed by atoms with Gasteiger partial charge in [0.15, 0.2) is 0 Å². The van der Waals surface area contributed by atoms with E-state index in [2.05, 4.69) is 10.1 Å². The third kappa shape index (κ3) is 2.93. The summed E-state index contributed by atoms with van der Waals surface area (Å²) in [5.41, 5.74) is 0. The third-order valence-corrected chi connectivity index (χ3v) is 5.79. The van der Waals surface area contributed by atoms with Gasteiger partial charge in [0.05, 0.1) is 9.78 Å². The van der Waals surface area contributed by atoms with Crippen molar-refractivity contribution in [1.82, 2.24) is 15.0 Å². The zero-order chi connectivity index (χ0) is 16.5. The van der Waals surface area contributed by atoms with Crippen LogP contribution in [0.4, 0.5) is 4.79 Å². The molecule has 1 aliphatic rings. The number of carbonyl (C=O) groups excluding carboxylic acids is 2. The highest BCUT2D eigenvalue weighted by molar-refractivity contribution is 8.18. The molecule has 0 bridgehead atoms. The van der Waals surface area contributed by atoms with Crippen LogP contribution in [-0.2, 0) is 11.3 Å². The van der Waals surface area contributed by atoms with E-state index in [0.29, 0.717) is 10.7 Å². The minimum absolute atomic E-state index is 0.0230. The van der Waals surface area contributed by atoms with Gasteiger partial charge >= 0.3 is 0 Å². The van der Waals surface area contributed by atoms with Gasteiger partial charge < -0.3 is 4.52 Å². The first-order valence-electron chi connectivity index (χ1n) is 6.86. The molecule has 2 amide bonds. The molecule has 1 saturated heterocycles. The summed E-state index contributed by atoms with van der Waals surface area (Å²) in [5, 5.41) is 7.38. The molecule has 0 atom stereocenters. The second-order valence-electron chi connectivity index (χ2n) is 4.77. The predicted octanol–water partition coefficient (Wildman–Crippen LogP) is 4.10. The molecule has 24 heavy (non-hydrogen) atoms. The van der Waals surface area contributed by atoms with E-state index >= 15 is 0 Å². The summed E-state index contributed by atoms with van der Waals surface area (Å²) in [6.07, 6.45) is 1.72. The van der Waals surface area contributed by atoms with Crippen LogP contribution in [0.2, 0.25) is 0 Å². The zero-order valence-electron chi connectivity index (χ0n) is 12.0. The number of amides is 2. The molecule has 0 spiro atoms. The number of thiophene rings is 2. The number of nitrogens with zero attached hydrogens (tertiary/aromatic N) is 3. The number of carbonyl (C=O) groups is 2. The summed E-state index contributed by atoms with van der Waals surface area (Å²) in [7, 11) is 0. The van der Waals surface area contributed by atoms with Gasteiger partial charge in [-0.2, -0.15) is 4.98 Å². The Kier molecular flexibility index (Phi) is 4.05. The summed E-state index contributed by atoms with van der Waals surface area (Å²) < 4.78 is 5.16. The van der Waals surface area contributed by atoms with Gasteiger partial charge in [-0.05, 0) is 40.7 Å². The predicted molar refractivity (Wildman–Crippen MR) is 93.4 cm³/mol. The van der Waals surface area contributed by atoms with Gasteiger partial charge in [-0.25, -0.2) is 0 Å². The second kappa shape index (κ2) is 6.34. The van der Waals surface area contributed by atoms with E-state index in [0.717, 1.165) is 26.4 Å². The Morgan fingerprint density at radius 2 is 2.00 bits per heavy atom. The molecule has 4 heterocycles. The minimum Gasteiger partial charge on any atom is -0.337 e. The smallest absolute Gasteiger partial charge is 0.294 e. The van der Waals surface area contributed by atoms with Crippen molar-refractivity contribution in [3.05, 3.63) is 50.7 Å². The van der Waals surface area contributed by atoms with E-state index in [9.17, 15) is 9.59 Å². The maximum atomic E-state index is 12.4. The lowest BCUT2D eigenvalue weighted by Crippen LogP contribution is -2.27. The van der Waals surface area contributed by atoms with Crippen molar-refractivity contribution < 1.29 is 14.1 Å². The third-order valence-electron chi connectivity index (χ3n) is 3.19. The van der Waals surface area contributed by atoms with E-state index in [4.69, 9.17) is 4.52 Å². The first-order chi connectivity index (χ1) is 11.7. The molecule has 0 aliphatic carbocycles. The van der Waals surface area contributed by atoms with Crippen LogP contribution in [0.5, 0.6) is 0 Å². The second-order valence-corrected chi connectivity index (χ2v) is 7.69. The van der Waals surface area contributed by atoms with Crippen LogP contribution in [-0.4, -0.2) is 26.2 Å². The standard InChI is InChI=1S/C15H9N3O3S3/c19-14-11(7-9-3-1-5-22-9)24-15(20)18(14)8-12-16-13(17-21-12)10-4-2-6-23-10/h1-7H,8H2/b11-7+. The summed E-state index contributed by atoms with van der Waals surface area (Å²) >= 11 is 3.92. The number of thioether (sulfide) groups is 1. The van der Waals surface area contributed by atoms with Crippen LogP contribution in [0.1, 0.15) is 10.8 Å². The Balaban J connectivity index is 1.52. The van der Waals surface area contributed by atoms with Crippen molar-refractivity contribution in [3.63, 3.8) is 0 Å². The van der Waals surface area contributed by atoms with E-state index in [1.807, 2.05) is 35.0 Å². The highest BCUT2D eigenvalue weighted by Crippen LogP contribution is 2.34. The molecule has 4 rings (SSSR count).